The second-order valence-electron chi connectivity index (χ2n) is 0.495. The van der Waals surface area contributed by atoms with Gasteiger partial charge in [0.15, 0.2) is 0 Å². The van der Waals surface area contributed by atoms with Crippen LogP contribution < -0.4 is 0 Å². The summed E-state index contributed by atoms with van der Waals surface area (Å²) in [5, 5.41) is 0. The molecule has 0 unspecified atom stereocenters. The van der Waals surface area contributed by atoms with Crippen molar-refractivity contribution in [2.75, 3.05) is 0 Å². The molecule has 0 aliphatic rings. The van der Waals surface area contributed by atoms with Crippen molar-refractivity contribution < 1.29 is 39.5 Å². The van der Waals surface area contributed by atoms with Crippen LogP contribution in [0.3, 0.4) is 0 Å². The van der Waals surface area contributed by atoms with Crippen molar-refractivity contribution >= 4 is 7.25 Å². The van der Waals surface area contributed by atoms with E-state index >= 15 is 0 Å². The van der Waals surface area contributed by atoms with E-state index in [0.29, 0.717) is 0 Å². The van der Waals surface area contributed by atoms with Crippen LogP contribution in [0.15, 0.2) is 0 Å². The fraction of sp³-hybridized carbons (Fsp3) is 0. The molecule has 0 aromatic carbocycles. The minimum absolute atomic E-state index is 0. The van der Waals surface area contributed by atoms with Crippen molar-refractivity contribution in [2.45, 2.75) is 0 Å². The predicted octanol–water partition coefficient (Wildman–Crippen LogP) is 0.473. The van der Waals surface area contributed by atoms with E-state index in [1.807, 2.05) is 0 Å². The Morgan fingerprint density at radius 2 is 0.857 bits per heavy atom. The first-order valence-electron chi connectivity index (χ1n) is 0.873. The SMILES string of the molecule is F[B-](F)(F)F.O.[Co]. The van der Waals surface area contributed by atoms with Crippen LogP contribution in [0.4, 0.5) is 17.3 Å². The Bertz CT molecular complexity index is 27.2. The maximum atomic E-state index is 9.75. The Kier molecular flexibility index (Phi) is 9.88. The molecule has 0 aliphatic heterocycles. The Morgan fingerprint density at radius 3 is 0.857 bits per heavy atom. The van der Waals surface area contributed by atoms with E-state index in [2.05, 4.69) is 0 Å². The molecule has 1 radical (unpaired) electrons. The van der Waals surface area contributed by atoms with Crippen molar-refractivity contribution in [3.8, 4) is 0 Å². The summed E-state index contributed by atoms with van der Waals surface area (Å²) >= 11 is 0. The van der Waals surface area contributed by atoms with E-state index in [9.17, 15) is 17.3 Å². The van der Waals surface area contributed by atoms with Gasteiger partial charge in [-0.25, -0.2) is 0 Å². The minimum Gasteiger partial charge on any atom is -0.418 e. The van der Waals surface area contributed by atoms with Gasteiger partial charge in [0.1, 0.15) is 0 Å². The van der Waals surface area contributed by atoms with E-state index < -0.39 is 7.25 Å². The van der Waals surface area contributed by atoms with E-state index in [-0.39, 0.29) is 22.3 Å². The van der Waals surface area contributed by atoms with Crippen LogP contribution in [-0.4, -0.2) is 12.7 Å². The van der Waals surface area contributed by atoms with Crippen molar-refractivity contribution in [1.29, 1.82) is 0 Å². The molecule has 0 aromatic heterocycles. The van der Waals surface area contributed by atoms with Crippen molar-refractivity contribution in [1.82, 2.24) is 0 Å². The first-order chi connectivity index (χ1) is 2.00. The number of rotatable bonds is 0. The molecule has 0 fully saturated rings. The molecule has 7 heteroatoms. The molecular formula is H2BCoF4O-. The van der Waals surface area contributed by atoms with Gasteiger partial charge in [0, 0.05) is 16.8 Å². The quantitative estimate of drug-likeness (QED) is 0.368. The summed E-state index contributed by atoms with van der Waals surface area (Å²) < 4.78 is 39.0. The second kappa shape index (κ2) is 4.41. The zero-order chi connectivity index (χ0) is 4.50. The zero-order valence-corrected chi connectivity index (χ0v) is 3.96. The number of halogens is 4. The van der Waals surface area contributed by atoms with E-state index in [4.69, 9.17) is 0 Å². The monoisotopic (exact) mass is 164 g/mol. The van der Waals surface area contributed by atoms with Crippen LogP contribution in [0, 0.1) is 0 Å². The summed E-state index contributed by atoms with van der Waals surface area (Å²) in [7, 11) is -6.00. The first kappa shape index (κ1) is 15.7. The molecule has 0 aliphatic carbocycles. The molecular weight excluding hydrogens is 162 g/mol. The molecule has 2 N–H and O–H groups in total. The fourth-order valence-electron chi connectivity index (χ4n) is 0. The van der Waals surface area contributed by atoms with Crippen LogP contribution in [-0.2, 0) is 16.8 Å². The van der Waals surface area contributed by atoms with Gasteiger partial charge in [-0.2, -0.15) is 0 Å². The largest absolute Gasteiger partial charge is 0.673 e. The summed E-state index contributed by atoms with van der Waals surface area (Å²) in [6, 6.07) is 0. The predicted molar refractivity (Wildman–Crippen MR) is 13.8 cm³/mol. The number of hydrogen-bond acceptors (Lipinski definition) is 0. The summed E-state index contributed by atoms with van der Waals surface area (Å²) in [5.41, 5.74) is 0. The summed E-state index contributed by atoms with van der Waals surface area (Å²) in [6.07, 6.45) is 0. The van der Waals surface area contributed by atoms with E-state index in [0.717, 1.165) is 0 Å². The third-order valence-corrected chi connectivity index (χ3v) is 0. The molecule has 0 amide bonds. The maximum Gasteiger partial charge on any atom is 0.673 e. The third kappa shape index (κ3) is 1790. The van der Waals surface area contributed by atoms with Crippen molar-refractivity contribution in [3.05, 3.63) is 0 Å². The summed E-state index contributed by atoms with van der Waals surface area (Å²) in [5.74, 6) is 0. The Balaban J connectivity index is -0.0000000800. The van der Waals surface area contributed by atoms with E-state index in [1.165, 1.54) is 0 Å². The van der Waals surface area contributed by atoms with Gasteiger partial charge >= 0.3 is 7.25 Å². The molecule has 1 nitrogen and oxygen atoms in total. The molecule has 0 spiro atoms. The normalized spacial score (nSPS) is 8.57. The topological polar surface area (TPSA) is 31.5 Å². The fourth-order valence-corrected chi connectivity index (χ4v) is 0. The van der Waals surface area contributed by atoms with Gasteiger partial charge in [0.05, 0.1) is 0 Å². The maximum absolute atomic E-state index is 9.75. The van der Waals surface area contributed by atoms with Crippen LogP contribution in [0.1, 0.15) is 0 Å². The minimum atomic E-state index is -6.00. The molecule has 0 atom stereocenters. The molecule has 0 rings (SSSR count). The first-order valence-corrected chi connectivity index (χ1v) is 0.873. The van der Waals surface area contributed by atoms with Crippen LogP contribution in [0.2, 0.25) is 0 Å². The molecule has 0 saturated carbocycles. The van der Waals surface area contributed by atoms with E-state index in [1.54, 1.807) is 0 Å². The summed E-state index contributed by atoms with van der Waals surface area (Å²) in [4.78, 5) is 0. The Hall–Kier alpha value is 0.251. The average Bonchev–Trinajstić information content (AvgIpc) is 0.722. The Labute approximate surface area is 47.7 Å². The molecule has 0 heterocycles. The second-order valence-corrected chi connectivity index (χ2v) is 0.495. The smallest absolute Gasteiger partial charge is 0.418 e. The van der Waals surface area contributed by atoms with Crippen LogP contribution in [0.25, 0.3) is 0 Å². The average molecular weight is 164 g/mol. The van der Waals surface area contributed by atoms with Gasteiger partial charge in [-0.15, -0.1) is 0 Å². The van der Waals surface area contributed by atoms with Gasteiger partial charge in [-0.3, -0.25) is 0 Å². The summed E-state index contributed by atoms with van der Waals surface area (Å²) in [6.45, 7) is 0. The third-order valence-electron chi connectivity index (χ3n) is 0. The Morgan fingerprint density at radius 1 is 0.857 bits per heavy atom. The molecule has 0 saturated heterocycles. The molecule has 49 valence electrons. The van der Waals surface area contributed by atoms with Gasteiger partial charge in [0.2, 0.25) is 0 Å². The van der Waals surface area contributed by atoms with Gasteiger partial charge in [-0.05, 0) is 0 Å². The molecule has 7 heavy (non-hydrogen) atoms. The van der Waals surface area contributed by atoms with Gasteiger partial charge in [-0.1, -0.05) is 0 Å². The number of hydrogen-bond donors (Lipinski definition) is 0. The molecule has 0 aromatic rings. The van der Waals surface area contributed by atoms with Gasteiger partial charge < -0.3 is 22.7 Å². The standard InChI is InChI=1S/BF4.Co.H2O/c2-1(3,4)5;;/h;;1H2/q-1;;. The zero-order valence-electron chi connectivity index (χ0n) is 2.92. The van der Waals surface area contributed by atoms with Crippen LogP contribution >= 0.6 is 0 Å². The van der Waals surface area contributed by atoms with Crippen LogP contribution in [0.5, 0.6) is 0 Å². The van der Waals surface area contributed by atoms with Crippen molar-refractivity contribution in [3.63, 3.8) is 0 Å². The van der Waals surface area contributed by atoms with Crippen molar-refractivity contribution in [2.24, 2.45) is 0 Å². The van der Waals surface area contributed by atoms with Gasteiger partial charge in [0.25, 0.3) is 0 Å². The molecule has 0 bridgehead atoms.